The van der Waals surface area contributed by atoms with Crippen molar-refractivity contribution in [1.82, 2.24) is 26.1 Å². The third-order valence-electron chi connectivity index (χ3n) is 8.20. The number of hydrogen-bond donors (Lipinski definition) is 5. The van der Waals surface area contributed by atoms with Crippen molar-refractivity contribution in [3.8, 4) is 0 Å². The topological polar surface area (TPSA) is 179 Å². The molecule has 0 bridgehead atoms. The summed E-state index contributed by atoms with van der Waals surface area (Å²) < 4.78 is 11.5. The van der Waals surface area contributed by atoms with E-state index in [9.17, 15) is 29.4 Å². The number of ether oxygens (including phenoxy) is 2. The van der Waals surface area contributed by atoms with E-state index in [0.717, 1.165) is 10.9 Å². The third kappa shape index (κ3) is 8.27. The molecular weight excluding hydrogens is 594 g/mol. The number of nitrogens with one attached hydrogen (secondary N) is 3. The van der Waals surface area contributed by atoms with E-state index >= 15 is 0 Å². The van der Waals surface area contributed by atoms with E-state index in [2.05, 4.69) is 16.1 Å². The van der Waals surface area contributed by atoms with Gasteiger partial charge < -0.3 is 30.3 Å². The molecular formula is C33H45N5O8. The second kappa shape index (κ2) is 14.2. The summed E-state index contributed by atoms with van der Waals surface area (Å²) in [7, 11) is 0. The second-order valence-corrected chi connectivity index (χ2v) is 13.0. The molecule has 0 saturated carbocycles. The molecule has 0 radical (unpaired) electrons. The first-order valence-corrected chi connectivity index (χ1v) is 15.6. The van der Waals surface area contributed by atoms with Crippen molar-refractivity contribution >= 4 is 40.7 Å². The quantitative estimate of drug-likeness (QED) is 0.258. The number of rotatable bonds is 10. The number of carbonyl (C=O) groups is 4. The zero-order chi connectivity index (χ0) is 33.8. The molecule has 5 atom stereocenters. The Morgan fingerprint density at radius 2 is 1.78 bits per heavy atom. The number of nitrogens with zero attached hydrogens (tertiary/aromatic N) is 2. The number of aliphatic carboxylic acids is 1. The smallest absolute Gasteiger partial charge is 0.342 e. The number of hydrazine groups is 1. The lowest BCUT2D eigenvalue weighted by molar-refractivity contribution is -0.216. The first-order chi connectivity index (χ1) is 21.6. The molecule has 2 unspecified atom stereocenters. The lowest BCUT2D eigenvalue weighted by Crippen LogP contribution is -2.61. The van der Waals surface area contributed by atoms with Crippen molar-refractivity contribution in [3.05, 3.63) is 47.7 Å². The van der Waals surface area contributed by atoms with Gasteiger partial charge in [0, 0.05) is 11.9 Å². The van der Waals surface area contributed by atoms with Gasteiger partial charge in [0.1, 0.15) is 18.2 Å². The number of carbonyl (C=O) groups excluding carboxylic acids is 3. The van der Waals surface area contributed by atoms with E-state index in [1.54, 1.807) is 19.9 Å². The molecule has 2 aliphatic rings. The maximum absolute atomic E-state index is 13.2. The van der Waals surface area contributed by atoms with Crippen LogP contribution in [0.3, 0.4) is 0 Å². The fraction of sp³-hybridized carbons (Fsp3) is 0.545. The van der Waals surface area contributed by atoms with Crippen molar-refractivity contribution < 1.29 is 38.9 Å². The third-order valence-corrected chi connectivity index (χ3v) is 8.20. The maximum atomic E-state index is 13.2. The van der Waals surface area contributed by atoms with Crippen LogP contribution < -0.4 is 16.1 Å². The average molecular weight is 640 g/mol. The highest BCUT2D eigenvalue weighted by molar-refractivity contribution is 5.90. The summed E-state index contributed by atoms with van der Waals surface area (Å²) in [5, 5.41) is 27.5. The molecule has 1 aromatic carbocycles. The van der Waals surface area contributed by atoms with Crippen molar-refractivity contribution in [1.29, 1.82) is 0 Å². The van der Waals surface area contributed by atoms with E-state index in [4.69, 9.17) is 14.5 Å². The molecule has 13 heteroatoms. The molecule has 2 aromatic rings. The van der Waals surface area contributed by atoms with Gasteiger partial charge in [-0.15, -0.1) is 0 Å². The van der Waals surface area contributed by atoms with Crippen LogP contribution in [0.5, 0.6) is 0 Å². The van der Waals surface area contributed by atoms with Gasteiger partial charge in [0.2, 0.25) is 17.4 Å². The van der Waals surface area contributed by atoms with Crippen LogP contribution in [-0.2, 0) is 28.7 Å². The summed E-state index contributed by atoms with van der Waals surface area (Å²) in [5.41, 5.74) is 2.84. The standard InChI is InChI=1S/C33H45N5O8/c1-19(2)27(39)29(41)35-21(4)30(42)38-15-7-8-25(37-38)28(40)34-20(3)24-12-11-23-10-9-22(16-26(23)36-24)13-14-33(31(43)44)18-45-32(5,6)17-46-33/h9-14,16,19-21,25,27,37,39H,7-8,15,17-18H2,1-6H3,(H,34,40)(H,35,41)(H,43,44)/b14-13+/t20-,21+,25+,27?,33?/m1/s1. The number of carboxylic acid groups (broad SMARTS) is 1. The molecule has 13 nitrogen and oxygen atoms in total. The van der Waals surface area contributed by atoms with E-state index in [0.29, 0.717) is 30.6 Å². The molecule has 5 N–H and O–H groups in total. The maximum Gasteiger partial charge on any atom is 0.342 e. The number of fused-ring (bicyclic) bond motifs is 1. The molecule has 250 valence electrons. The lowest BCUT2D eigenvalue weighted by Gasteiger charge is -2.39. The highest BCUT2D eigenvalue weighted by Crippen LogP contribution is 2.28. The van der Waals surface area contributed by atoms with Gasteiger partial charge >= 0.3 is 5.97 Å². The van der Waals surface area contributed by atoms with Gasteiger partial charge in [-0.3, -0.25) is 24.4 Å². The van der Waals surface area contributed by atoms with Gasteiger partial charge in [-0.05, 0) is 70.2 Å². The SMILES string of the molecule is CC(C)C(O)C(=O)N[C@@H](C)C(=O)N1CCC[C@@H](C(=O)N[C@H](C)c2ccc3ccc(/C=C/C4(C(=O)O)COC(C)(C)CO4)cc3n2)N1. The largest absolute Gasteiger partial charge is 0.479 e. The predicted octanol–water partition coefficient (Wildman–Crippen LogP) is 2.09. The van der Waals surface area contributed by atoms with E-state index in [1.807, 2.05) is 51.1 Å². The Morgan fingerprint density at radius 1 is 1.07 bits per heavy atom. The van der Waals surface area contributed by atoms with Crippen LogP contribution in [0.4, 0.5) is 0 Å². The first kappa shape index (κ1) is 35.0. The van der Waals surface area contributed by atoms with Crippen LogP contribution >= 0.6 is 0 Å². The summed E-state index contributed by atoms with van der Waals surface area (Å²) in [6.07, 6.45) is 3.05. The Bertz CT molecular complexity index is 1480. The fourth-order valence-corrected chi connectivity index (χ4v) is 5.12. The van der Waals surface area contributed by atoms with E-state index in [1.165, 1.54) is 18.0 Å². The summed E-state index contributed by atoms with van der Waals surface area (Å²) in [5.74, 6) is -2.75. The Balaban J connectivity index is 1.39. The van der Waals surface area contributed by atoms with Crippen LogP contribution in [0, 0.1) is 5.92 Å². The van der Waals surface area contributed by atoms with Gasteiger partial charge in [-0.2, -0.15) is 0 Å². The fourth-order valence-electron chi connectivity index (χ4n) is 5.12. The van der Waals surface area contributed by atoms with Crippen molar-refractivity contribution in [2.45, 2.75) is 89.8 Å². The molecule has 2 fully saturated rings. The van der Waals surface area contributed by atoms with Crippen LogP contribution in [0.25, 0.3) is 17.0 Å². The summed E-state index contributed by atoms with van der Waals surface area (Å²) in [4.78, 5) is 55.2. The number of amides is 3. The molecule has 0 aliphatic carbocycles. The van der Waals surface area contributed by atoms with Crippen LogP contribution in [0.1, 0.15) is 71.7 Å². The number of hydrogen-bond acceptors (Lipinski definition) is 9. The molecule has 0 spiro atoms. The zero-order valence-corrected chi connectivity index (χ0v) is 27.2. The lowest BCUT2D eigenvalue weighted by atomic mass is 9.99. The Morgan fingerprint density at radius 3 is 2.43 bits per heavy atom. The number of pyridine rings is 1. The van der Waals surface area contributed by atoms with Crippen LogP contribution in [0.15, 0.2) is 36.4 Å². The summed E-state index contributed by atoms with van der Waals surface area (Å²) in [6, 6.07) is 7.30. The van der Waals surface area contributed by atoms with Crippen molar-refractivity contribution in [2.75, 3.05) is 19.8 Å². The normalized spacial score (nSPS) is 23.6. The Labute approximate surface area is 268 Å². The summed E-state index contributed by atoms with van der Waals surface area (Å²) in [6.45, 7) is 10.8. The van der Waals surface area contributed by atoms with E-state index < -0.39 is 53.2 Å². The van der Waals surface area contributed by atoms with Gasteiger partial charge in [-0.25, -0.2) is 10.2 Å². The molecule has 2 aliphatic heterocycles. The molecule has 46 heavy (non-hydrogen) atoms. The van der Waals surface area contributed by atoms with Gasteiger partial charge in [0.15, 0.2) is 0 Å². The predicted molar refractivity (Wildman–Crippen MR) is 170 cm³/mol. The molecule has 1 aromatic heterocycles. The second-order valence-electron chi connectivity index (χ2n) is 13.0. The van der Waals surface area contributed by atoms with Gasteiger partial charge in [-0.1, -0.05) is 38.1 Å². The summed E-state index contributed by atoms with van der Waals surface area (Å²) >= 11 is 0. The van der Waals surface area contributed by atoms with Gasteiger partial charge in [0.05, 0.1) is 36.1 Å². The minimum absolute atomic E-state index is 0.112. The van der Waals surface area contributed by atoms with Gasteiger partial charge in [0.25, 0.3) is 5.91 Å². The number of benzene rings is 1. The number of aromatic nitrogens is 1. The van der Waals surface area contributed by atoms with Crippen LogP contribution in [-0.4, -0.2) is 93.0 Å². The van der Waals surface area contributed by atoms with Crippen molar-refractivity contribution in [3.63, 3.8) is 0 Å². The Kier molecular flexibility index (Phi) is 10.8. The minimum atomic E-state index is -1.59. The molecule has 3 amide bonds. The van der Waals surface area contributed by atoms with Crippen molar-refractivity contribution in [2.24, 2.45) is 5.92 Å². The Hall–Kier alpha value is -3.91. The number of carboxylic acids is 1. The average Bonchev–Trinajstić information content (AvgIpc) is 3.03. The molecule has 2 saturated heterocycles. The molecule has 4 rings (SSSR count). The highest BCUT2D eigenvalue weighted by atomic mass is 16.6. The monoisotopic (exact) mass is 639 g/mol. The zero-order valence-electron chi connectivity index (χ0n) is 27.2. The number of aliphatic hydroxyl groups is 1. The first-order valence-electron chi connectivity index (χ1n) is 15.6. The number of aliphatic hydroxyl groups excluding tert-OH is 1. The van der Waals surface area contributed by atoms with E-state index in [-0.39, 0.29) is 25.0 Å². The minimum Gasteiger partial charge on any atom is -0.479 e. The molecule has 3 heterocycles. The van der Waals surface area contributed by atoms with Crippen LogP contribution in [0.2, 0.25) is 0 Å². The highest BCUT2D eigenvalue weighted by Gasteiger charge is 2.44.